The van der Waals surface area contributed by atoms with Gasteiger partial charge in [-0.05, 0) is 43.5 Å². The van der Waals surface area contributed by atoms with E-state index in [0.29, 0.717) is 13.0 Å². The number of hydrogen-bond acceptors (Lipinski definition) is 2. The van der Waals surface area contributed by atoms with Gasteiger partial charge in [0.2, 0.25) is 0 Å². The number of ether oxygens (including phenoxy) is 1. The van der Waals surface area contributed by atoms with Crippen molar-refractivity contribution in [2.24, 2.45) is 0 Å². The van der Waals surface area contributed by atoms with Crippen molar-refractivity contribution in [2.45, 2.75) is 31.0 Å². The summed E-state index contributed by atoms with van der Waals surface area (Å²) in [5.74, 6) is 0. The highest BCUT2D eigenvalue weighted by Gasteiger charge is 2.34. The van der Waals surface area contributed by atoms with Crippen LogP contribution in [-0.2, 0) is 17.3 Å². The van der Waals surface area contributed by atoms with Gasteiger partial charge in [0.15, 0.2) is 0 Å². The van der Waals surface area contributed by atoms with Crippen molar-refractivity contribution < 1.29 is 17.9 Å². The van der Waals surface area contributed by atoms with Gasteiger partial charge in [-0.1, -0.05) is 12.1 Å². The summed E-state index contributed by atoms with van der Waals surface area (Å²) in [4.78, 5) is 0. The normalized spacial score (nSPS) is 23.8. The van der Waals surface area contributed by atoms with Crippen LogP contribution in [0.4, 0.5) is 13.2 Å². The third-order valence-corrected chi connectivity index (χ3v) is 3.58. The van der Waals surface area contributed by atoms with E-state index in [1.807, 2.05) is 0 Å². The first kappa shape index (κ1) is 14.3. The van der Waals surface area contributed by atoms with Crippen LogP contribution >= 0.6 is 0 Å². The molecule has 1 heterocycles. The van der Waals surface area contributed by atoms with E-state index in [2.05, 4.69) is 5.32 Å². The summed E-state index contributed by atoms with van der Waals surface area (Å²) in [6.45, 7) is 1.51. The first-order chi connectivity index (χ1) is 8.95. The average molecular weight is 273 g/mol. The van der Waals surface area contributed by atoms with Gasteiger partial charge in [-0.25, -0.2) is 0 Å². The number of nitrogens with one attached hydrogen (secondary N) is 1. The van der Waals surface area contributed by atoms with Crippen molar-refractivity contribution in [3.8, 4) is 0 Å². The Hall–Kier alpha value is -1.07. The molecule has 0 radical (unpaired) electrons. The third-order valence-electron chi connectivity index (χ3n) is 3.58. The lowest BCUT2D eigenvalue weighted by atomic mass is 9.90. The molecule has 0 aromatic heterocycles. The zero-order valence-electron chi connectivity index (χ0n) is 10.9. The van der Waals surface area contributed by atoms with Crippen molar-refractivity contribution in [1.29, 1.82) is 0 Å². The maximum atomic E-state index is 12.5. The molecule has 0 amide bonds. The second-order valence-corrected chi connectivity index (χ2v) is 5.12. The smallest absolute Gasteiger partial charge is 0.383 e. The molecule has 1 fully saturated rings. The number of methoxy groups -OCH3 is 1. The summed E-state index contributed by atoms with van der Waals surface area (Å²) in [5, 5.41) is 3.42. The second-order valence-electron chi connectivity index (χ2n) is 5.12. The quantitative estimate of drug-likeness (QED) is 0.910. The second kappa shape index (κ2) is 5.51. The first-order valence-corrected chi connectivity index (χ1v) is 6.35. The third kappa shape index (κ3) is 3.48. The van der Waals surface area contributed by atoms with Crippen molar-refractivity contribution in [3.63, 3.8) is 0 Å². The maximum absolute atomic E-state index is 12.5. The van der Waals surface area contributed by atoms with Crippen molar-refractivity contribution >= 4 is 0 Å². The molecule has 1 aliphatic heterocycles. The summed E-state index contributed by atoms with van der Waals surface area (Å²) in [7, 11) is 1.65. The summed E-state index contributed by atoms with van der Waals surface area (Å²) in [5.41, 5.74) is 0.171. The molecule has 0 saturated carbocycles. The Morgan fingerprint density at radius 2 is 1.95 bits per heavy atom. The molecule has 5 heteroatoms. The first-order valence-electron chi connectivity index (χ1n) is 6.35. The predicted octanol–water partition coefficient (Wildman–Crippen LogP) is 3.02. The van der Waals surface area contributed by atoms with E-state index in [0.717, 1.165) is 37.1 Å². The Balaban J connectivity index is 2.10. The zero-order valence-corrected chi connectivity index (χ0v) is 10.9. The van der Waals surface area contributed by atoms with Gasteiger partial charge >= 0.3 is 6.18 Å². The summed E-state index contributed by atoms with van der Waals surface area (Å²) in [6.07, 6.45) is -1.51. The molecular weight excluding hydrogens is 255 g/mol. The summed E-state index contributed by atoms with van der Waals surface area (Å²) < 4.78 is 42.7. The Bertz CT molecular complexity index is 408. The van der Waals surface area contributed by atoms with E-state index < -0.39 is 11.7 Å². The Labute approximate surface area is 111 Å². The fourth-order valence-corrected chi connectivity index (χ4v) is 2.67. The maximum Gasteiger partial charge on any atom is 0.416 e. The molecule has 106 valence electrons. The highest BCUT2D eigenvalue weighted by Crippen LogP contribution is 2.30. The number of alkyl halides is 3. The average Bonchev–Trinajstić information content (AvgIpc) is 2.77. The van der Waals surface area contributed by atoms with Gasteiger partial charge in [-0.3, -0.25) is 0 Å². The lowest BCUT2D eigenvalue weighted by molar-refractivity contribution is -0.137. The molecule has 1 atom stereocenters. The van der Waals surface area contributed by atoms with Crippen LogP contribution in [0.5, 0.6) is 0 Å². The monoisotopic (exact) mass is 273 g/mol. The number of benzene rings is 1. The van der Waals surface area contributed by atoms with E-state index in [1.54, 1.807) is 19.2 Å². The standard InChI is InChI=1S/C14H18F3NO/c1-19-10-13(7-2-8-18-13)9-11-3-5-12(6-4-11)14(15,16)17/h3-6,18H,2,7-10H2,1H3. The van der Waals surface area contributed by atoms with Gasteiger partial charge in [0.05, 0.1) is 12.2 Å². The van der Waals surface area contributed by atoms with Crippen LogP contribution in [0.3, 0.4) is 0 Å². The molecule has 1 saturated heterocycles. The van der Waals surface area contributed by atoms with Crippen LogP contribution in [0.25, 0.3) is 0 Å². The van der Waals surface area contributed by atoms with Gasteiger partial charge < -0.3 is 10.1 Å². The molecule has 2 rings (SSSR count). The largest absolute Gasteiger partial charge is 0.416 e. The Morgan fingerprint density at radius 3 is 2.42 bits per heavy atom. The van der Waals surface area contributed by atoms with E-state index in [9.17, 15) is 13.2 Å². The van der Waals surface area contributed by atoms with E-state index in [-0.39, 0.29) is 5.54 Å². The predicted molar refractivity (Wildman–Crippen MR) is 67.0 cm³/mol. The highest BCUT2D eigenvalue weighted by atomic mass is 19.4. The van der Waals surface area contributed by atoms with Crippen LogP contribution in [0.15, 0.2) is 24.3 Å². The van der Waals surface area contributed by atoms with E-state index >= 15 is 0 Å². The molecule has 0 spiro atoms. The van der Waals surface area contributed by atoms with Gasteiger partial charge in [-0.2, -0.15) is 13.2 Å². The van der Waals surface area contributed by atoms with E-state index in [4.69, 9.17) is 4.74 Å². The molecule has 1 unspecified atom stereocenters. The molecule has 19 heavy (non-hydrogen) atoms. The van der Waals surface area contributed by atoms with Crippen LogP contribution < -0.4 is 5.32 Å². The van der Waals surface area contributed by atoms with Crippen molar-refractivity contribution in [1.82, 2.24) is 5.32 Å². The molecule has 1 N–H and O–H groups in total. The summed E-state index contributed by atoms with van der Waals surface area (Å²) in [6, 6.07) is 5.40. The highest BCUT2D eigenvalue weighted by molar-refractivity contribution is 5.26. The number of halogens is 3. The number of rotatable bonds is 4. The SMILES string of the molecule is COCC1(Cc2ccc(C(F)(F)F)cc2)CCCN1. The fraction of sp³-hybridized carbons (Fsp3) is 0.571. The molecule has 1 aromatic carbocycles. The molecule has 0 bridgehead atoms. The molecule has 1 aromatic rings. The molecular formula is C14H18F3NO. The van der Waals surface area contributed by atoms with Crippen LogP contribution in [0.1, 0.15) is 24.0 Å². The van der Waals surface area contributed by atoms with Crippen LogP contribution in [0.2, 0.25) is 0 Å². The lowest BCUT2D eigenvalue weighted by Crippen LogP contribution is -2.46. The summed E-state index contributed by atoms with van der Waals surface area (Å²) >= 11 is 0. The Kier molecular flexibility index (Phi) is 4.16. The Morgan fingerprint density at radius 1 is 1.26 bits per heavy atom. The van der Waals surface area contributed by atoms with Crippen molar-refractivity contribution in [2.75, 3.05) is 20.3 Å². The fourth-order valence-electron chi connectivity index (χ4n) is 2.67. The minimum absolute atomic E-state index is 0.130. The van der Waals surface area contributed by atoms with Crippen LogP contribution in [0, 0.1) is 0 Å². The van der Waals surface area contributed by atoms with E-state index in [1.165, 1.54) is 0 Å². The number of hydrogen-bond donors (Lipinski definition) is 1. The molecule has 1 aliphatic rings. The minimum atomic E-state index is -4.27. The minimum Gasteiger partial charge on any atom is -0.383 e. The van der Waals surface area contributed by atoms with Gasteiger partial charge in [-0.15, -0.1) is 0 Å². The van der Waals surface area contributed by atoms with Crippen molar-refractivity contribution in [3.05, 3.63) is 35.4 Å². The zero-order chi connectivity index (χ0) is 13.9. The van der Waals surface area contributed by atoms with Gasteiger partial charge in [0.25, 0.3) is 0 Å². The van der Waals surface area contributed by atoms with Gasteiger partial charge in [0, 0.05) is 12.6 Å². The molecule has 2 nitrogen and oxygen atoms in total. The molecule has 0 aliphatic carbocycles. The van der Waals surface area contributed by atoms with Crippen LogP contribution in [-0.4, -0.2) is 25.8 Å². The lowest BCUT2D eigenvalue weighted by Gasteiger charge is -2.29. The topological polar surface area (TPSA) is 21.3 Å². The van der Waals surface area contributed by atoms with Gasteiger partial charge in [0.1, 0.15) is 0 Å².